The Bertz CT molecular complexity index is 716. The summed E-state index contributed by atoms with van der Waals surface area (Å²) in [6, 6.07) is 11.8. The molecule has 1 atom stereocenters. The number of rotatable bonds is 6. The van der Waals surface area contributed by atoms with E-state index in [2.05, 4.69) is 20.4 Å². The lowest BCUT2D eigenvalue weighted by molar-refractivity contribution is -0.125. The topological polar surface area (TPSA) is 67.3 Å². The highest BCUT2D eigenvalue weighted by molar-refractivity contribution is 5.79. The summed E-state index contributed by atoms with van der Waals surface area (Å²) >= 11 is 0. The molecule has 138 valence electrons. The fourth-order valence-electron chi connectivity index (χ4n) is 3.08. The average Bonchev–Trinajstić information content (AvgIpc) is 2.67. The Morgan fingerprint density at radius 1 is 1.19 bits per heavy atom. The highest BCUT2D eigenvalue weighted by atomic mass is 16.5. The molecule has 1 amide bonds. The van der Waals surface area contributed by atoms with Crippen LogP contribution in [-0.4, -0.2) is 42.3 Å². The number of ether oxygens (including phenoxy) is 1. The summed E-state index contributed by atoms with van der Waals surface area (Å²) in [4.78, 5) is 14.6. The van der Waals surface area contributed by atoms with Gasteiger partial charge in [-0.3, -0.25) is 4.79 Å². The Labute approximate surface area is 154 Å². The molecule has 2 aromatic rings. The monoisotopic (exact) mass is 354 g/mol. The third-order valence-electron chi connectivity index (χ3n) is 4.59. The molecule has 1 aromatic heterocycles. The van der Waals surface area contributed by atoms with Gasteiger partial charge in [0.2, 0.25) is 5.91 Å². The Morgan fingerprint density at radius 3 is 2.73 bits per heavy atom. The zero-order valence-corrected chi connectivity index (χ0v) is 15.4. The number of carbonyl (C=O) groups is 1. The van der Waals surface area contributed by atoms with Crippen molar-refractivity contribution in [2.24, 2.45) is 5.92 Å². The number of benzene rings is 1. The van der Waals surface area contributed by atoms with E-state index in [0.717, 1.165) is 36.6 Å². The van der Waals surface area contributed by atoms with Crippen LogP contribution in [0.2, 0.25) is 0 Å². The van der Waals surface area contributed by atoms with Gasteiger partial charge < -0.3 is 15.0 Å². The predicted molar refractivity (Wildman–Crippen MR) is 101 cm³/mol. The van der Waals surface area contributed by atoms with E-state index >= 15 is 0 Å². The van der Waals surface area contributed by atoms with Crippen molar-refractivity contribution in [3.8, 4) is 5.75 Å². The molecule has 0 saturated carbocycles. The molecule has 26 heavy (non-hydrogen) atoms. The Balaban J connectivity index is 1.43. The molecule has 3 rings (SSSR count). The van der Waals surface area contributed by atoms with Gasteiger partial charge in [0.25, 0.3) is 0 Å². The maximum atomic E-state index is 12.5. The van der Waals surface area contributed by atoms with Crippen molar-refractivity contribution in [2.75, 3.05) is 31.1 Å². The molecule has 1 aliphatic rings. The van der Waals surface area contributed by atoms with Crippen molar-refractivity contribution in [3.05, 3.63) is 47.7 Å². The van der Waals surface area contributed by atoms with Gasteiger partial charge in [-0.2, -0.15) is 5.10 Å². The zero-order chi connectivity index (χ0) is 18.4. The predicted octanol–water partition coefficient (Wildman–Crippen LogP) is 2.51. The van der Waals surface area contributed by atoms with Gasteiger partial charge >= 0.3 is 0 Å². The number of aromatic nitrogens is 2. The van der Waals surface area contributed by atoms with Gasteiger partial charge in [-0.15, -0.1) is 5.10 Å². The summed E-state index contributed by atoms with van der Waals surface area (Å²) in [6.45, 7) is 6.53. The van der Waals surface area contributed by atoms with Gasteiger partial charge in [-0.05, 0) is 51.0 Å². The molecule has 0 bridgehead atoms. The molecule has 0 radical (unpaired) electrons. The van der Waals surface area contributed by atoms with E-state index in [4.69, 9.17) is 4.74 Å². The molecular weight excluding hydrogens is 328 g/mol. The minimum absolute atomic E-state index is 0.0220. The molecule has 1 aromatic carbocycles. The van der Waals surface area contributed by atoms with Gasteiger partial charge in [-0.25, -0.2) is 0 Å². The van der Waals surface area contributed by atoms with Crippen molar-refractivity contribution in [1.29, 1.82) is 0 Å². The molecular formula is C20H26N4O2. The number of amides is 1. The van der Waals surface area contributed by atoms with E-state index in [1.165, 1.54) is 5.56 Å². The number of carbonyl (C=O) groups excluding carboxylic acids is 1. The number of piperidine rings is 1. The molecule has 1 N–H and O–H groups in total. The fraction of sp³-hybridized carbons (Fsp3) is 0.450. The minimum Gasteiger partial charge on any atom is -0.492 e. The van der Waals surface area contributed by atoms with E-state index in [0.29, 0.717) is 19.7 Å². The van der Waals surface area contributed by atoms with E-state index in [-0.39, 0.29) is 11.8 Å². The van der Waals surface area contributed by atoms with Crippen LogP contribution in [0.3, 0.4) is 0 Å². The molecule has 6 nitrogen and oxygen atoms in total. The first-order valence-corrected chi connectivity index (χ1v) is 9.14. The molecule has 2 heterocycles. The zero-order valence-electron chi connectivity index (χ0n) is 15.4. The highest BCUT2D eigenvalue weighted by Crippen LogP contribution is 2.21. The molecule has 1 unspecified atom stereocenters. The standard InChI is InChI=1S/C20H26N4O2/c1-15-5-8-18(9-6-15)26-13-11-21-20(25)17-4-3-12-24(14-17)19-10-7-16(2)22-23-19/h5-10,17H,3-4,11-14H2,1-2H3,(H,21,25). The quantitative estimate of drug-likeness (QED) is 0.808. The van der Waals surface area contributed by atoms with Gasteiger partial charge in [0.05, 0.1) is 18.2 Å². The number of aryl methyl sites for hydroxylation is 2. The van der Waals surface area contributed by atoms with Gasteiger partial charge in [0.1, 0.15) is 12.4 Å². The van der Waals surface area contributed by atoms with E-state index < -0.39 is 0 Å². The molecule has 0 aliphatic carbocycles. The number of nitrogens with one attached hydrogen (secondary N) is 1. The number of anilines is 1. The van der Waals surface area contributed by atoms with Crippen LogP contribution in [-0.2, 0) is 4.79 Å². The first kappa shape index (κ1) is 18.2. The third kappa shape index (κ3) is 4.94. The lowest BCUT2D eigenvalue weighted by Crippen LogP contribution is -2.44. The van der Waals surface area contributed by atoms with E-state index in [1.807, 2.05) is 50.2 Å². The Hall–Kier alpha value is -2.63. The smallest absolute Gasteiger partial charge is 0.225 e. The maximum Gasteiger partial charge on any atom is 0.225 e. The summed E-state index contributed by atoms with van der Waals surface area (Å²) in [5, 5.41) is 11.3. The summed E-state index contributed by atoms with van der Waals surface area (Å²) in [5.41, 5.74) is 2.10. The fourth-order valence-corrected chi connectivity index (χ4v) is 3.08. The third-order valence-corrected chi connectivity index (χ3v) is 4.59. The van der Waals surface area contributed by atoms with Crippen LogP contribution >= 0.6 is 0 Å². The summed E-state index contributed by atoms with van der Waals surface area (Å²) < 4.78 is 5.66. The van der Waals surface area contributed by atoms with Crippen LogP contribution in [0.15, 0.2) is 36.4 Å². The summed E-state index contributed by atoms with van der Waals surface area (Å²) in [5.74, 6) is 1.73. The van der Waals surface area contributed by atoms with E-state index in [1.54, 1.807) is 0 Å². The van der Waals surface area contributed by atoms with Crippen LogP contribution in [0, 0.1) is 19.8 Å². The molecule has 0 spiro atoms. The molecule has 1 aliphatic heterocycles. The Kier molecular flexibility index (Phi) is 6.04. The second-order valence-electron chi connectivity index (χ2n) is 6.77. The van der Waals surface area contributed by atoms with Crippen LogP contribution in [0.5, 0.6) is 5.75 Å². The van der Waals surface area contributed by atoms with Crippen molar-refractivity contribution >= 4 is 11.7 Å². The molecule has 6 heteroatoms. The lowest BCUT2D eigenvalue weighted by atomic mass is 9.97. The van der Waals surface area contributed by atoms with Crippen LogP contribution in [0.25, 0.3) is 0 Å². The van der Waals surface area contributed by atoms with Crippen molar-refractivity contribution in [3.63, 3.8) is 0 Å². The van der Waals surface area contributed by atoms with Crippen molar-refractivity contribution in [1.82, 2.24) is 15.5 Å². The second-order valence-corrected chi connectivity index (χ2v) is 6.77. The average molecular weight is 354 g/mol. The SMILES string of the molecule is Cc1ccc(OCCNC(=O)C2CCCN(c3ccc(C)nn3)C2)cc1. The van der Waals surface area contributed by atoms with Crippen molar-refractivity contribution < 1.29 is 9.53 Å². The summed E-state index contributed by atoms with van der Waals surface area (Å²) in [7, 11) is 0. The van der Waals surface area contributed by atoms with Crippen molar-refractivity contribution in [2.45, 2.75) is 26.7 Å². The van der Waals surface area contributed by atoms with Gasteiger partial charge in [-0.1, -0.05) is 17.7 Å². The first-order chi connectivity index (χ1) is 12.6. The van der Waals surface area contributed by atoms with Crippen LogP contribution in [0.1, 0.15) is 24.1 Å². The number of nitrogens with zero attached hydrogens (tertiary/aromatic N) is 3. The minimum atomic E-state index is -0.0220. The van der Waals surface area contributed by atoms with Gasteiger partial charge in [0.15, 0.2) is 5.82 Å². The molecule has 1 saturated heterocycles. The summed E-state index contributed by atoms with van der Waals surface area (Å²) in [6.07, 6.45) is 1.88. The highest BCUT2D eigenvalue weighted by Gasteiger charge is 2.26. The lowest BCUT2D eigenvalue weighted by Gasteiger charge is -2.32. The maximum absolute atomic E-state index is 12.5. The number of hydrogen-bond acceptors (Lipinski definition) is 5. The van der Waals surface area contributed by atoms with Crippen LogP contribution in [0.4, 0.5) is 5.82 Å². The van der Waals surface area contributed by atoms with Gasteiger partial charge in [0, 0.05) is 13.1 Å². The first-order valence-electron chi connectivity index (χ1n) is 9.14. The van der Waals surface area contributed by atoms with E-state index in [9.17, 15) is 4.79 Å². The van der Waals surface area contributed by atoms with Crippen LogP contribution < -0.4 is 15.0 Å². The normalized spacial score (nSPS) is 17.0. The largest absolute Gasteiger partial charge is 0.492 e. The molecule has 1 fully saturated rings. The number of hydrogen-bond donors (Lipinski definition) is 1. The Morgan fingerprint density at radius 2 is 2.00 bits per heavy atom. The second kappa shape index (κ2) is 8.65.